The Morgan fingerprint density at radius 1 is 1.32 bits per heavy atom. The van der Waals surface area contributed by atoms with Crippen molar-refractivity contribution < 1.29 is 32.8 Å². The summed E-state index contributed by atoms with van der Waals surface area (Å²) in [5, 5.41) is 13.5. The zero-order chi connectivity index (χ0) is 27.5. The molecule has 0 bridgehead atoms. The summed E-state index contributed by atoms with van der Waals surface area (Å²) >= 11 is 18.1. The molecule has 5 atom stereocenters. The van der Waals surface area contributed by atoms with Crippen LogP contribution in [0.5, 0.6) is 5.75 Å². The van der Waals surface area contributed by atoms with Gasteiger partial charge >= 0.3 is 18.3 Å². The van der Waals surface area contributed by atoms with E-state index in [0.29, 0.717) is 16.5 Å². The highest BCUT2D eigenvalue weighted by molar-refractivity contribution is 8.09. The molecule has 2 aromatic rings. The molecule has 1 fully saturated rings. The van der Waals surface area contributed by atoms with Crippen molar-refractivity contribution in [1.29, 1.82) is 0 Å². The number of rotatable bonds is 10. The topological polar surface area (TPSA) is 141 Å². The molecule has 1 aliphatic heterocycles. The van der Waals surface area contributed by atoms with Gasteiger partial charge in [-0.15, -0.1) is 0 Å². The fourth-order valence-electron chi connectivity index (χ4n) is 3.25. The molecular formula is C21H25Cl2FN3O8PS. The first-order valence-corrected chi connectivity index (χ1v) is 14.3. The van der Waals surface area contributed by atoms with Crippen molar-refractivity contribution in [2.45, 2.75) is 55.7 Å². The van der Waals surface area contributed by atoms with E-state index in [9.17, 15) is 23.9 Å². The maximum absolute atomic E-state index is 13.8. The monoisotopic (exact) mass is 599 g/mol. The van der Waals surface area contributed by atoms with Gasteiger partial charge in [-0.05, 0) is 44.7 Å². The summed E-state index contributed by atoms with van der Waals surface area (Å²) in [6, 6.07) is 7.49. The van der Waals surface area contributed by atoms with Crippen molar-refractivity contribution in [3.8, 4) is 5.75 Å². The molecule has 37 heavy (non-hydrogen) atoms. The van der Waals surface area contributed by atoms with Crippen molar-refractivity contribution in [2.75, 3.05) is 6.61 Å². The number of aliphatic hydroxyl groups is 1. The predicted octanol–water partition coefficient (Wildman–Crippen LogP) is 2.36. The number of aromatic nitrogens is 2. The zero-order valence-corrected chi connectivity index (χ0v) is 23.0. The van der Waals surface area contributed by atoms with Crippen LogP contribution in [0.2, 0.25) is 0 Å². The van der Waals surface area contributed by atoms with Crippen LogP contribution in [0, 0.1) is 5.82 Å². The molecule has 16 heteroatoms. The highest BCUT2D eigenvalue weighted by Crippen LogP contribution is 2.49. The van der Waals surface area contributed by atoms with E-state index in [0.717, 1.165) is 0 Å². The average molecular weight is 600 g/mol. The maximum Gasteiger partial charge on any atom is 0.330 e. The van der Waals surface area contributed by atoms with Gasteiger partial charge in [0.25, 0.3) is 5.56 Å². The first kappa shape index (κ1) is 29.7. The van der Waals surface area contributed by atoms with E-state index in [1.54, 1.807) is 49.2 Å². The van der Waals surface area contributed by atoms with Gasteiger partial charge in [0, 0.05) is 0 Å². The minimum absolute atomic E-state index is 0.341. The molecular weight excluding hydrogens is 575 g/mol. The molecule has 1 aliphatic rings. The number of carbonyl (C=O) groups is 1. The van der Waals surface area contributed by atoms with Crippen LogP contribution in [0.25, 0.3) is 0 Å². The van der Waals surface area contributed by atoms with Crippen LogP contribution < -0.4 is 20.9 Å². The van der Waals surface area contributed by atoms with Gasteiger partial charge in [0.1, 0.15) is 24.0 Å². The summed E-state index contributed by atoms with van der Waals surface area (Å²) in [6.07, 6.45) is -4.33. The van der Waals surface area contributed by atoms with E-state index in [-0.39, 0.29) is 6.10 Å². The van der Waals surface area contributed by atoms with Gasteiger partial charge < -0.3 is 23.6 Å². The minimum atomic E-state index is -3.50. The van der Waals surface area contributed by atoms with Gasteiger partial charge in [-0.3, -0.25) is 19.1 Å². The van der Waals surface area contributed by atoms with Crippen LogP contribution in [0.1, 0.15) is 27.0 Å². The molecule has 0 amide bonds. The lowest BCUT2D eigenvalue weighted by Crippen LogP contribution is -2.42. The van der Waals surface area contributed by atoms with Crippen molar-refractivity contribution in [2.24, 2.45) is 0 Å². The lowest BCUT2D eigenvalue weighted by atomic mass is 10.2. The third-order valence-electron chi connectivity index (χ3n) is 4.99. The average Bonchev–Trinajstić information content (AvgIpc) is 3.03. The number of benzene rings is 1. The van der Waals surface area contributed by atoms with Gasteiger partial charge in [0.15, 0.2) is 10.6 Å². The normalized spacial score (nSPS) is 23.4. The highest BCUT2D eigenvalue weighted by Gasteiger charge is 2.56. The quantitative estimate of drug-likeness (QED) is 0.212. The number of nitrogens with one attached hydrogen (secondary N) is 2. The smallest absolute Gasteiger partial charge is 0.330 e. The number of hydrogen-bond donors (Lipinski definition) is 3. The first-order chi connectivity index (χ1) is 17.2. The van der Waals surface area contributed by atoms with E-state index in [2.05, 4.69) is 5.09 Å². The lowest BCUT2D eigenvalue weighted by Gasteiger charge is -2.28. The van der Waals surface area contributed by atoms with Crippen LogP contribution in [-0.2, 0) is 30.6 Å². The van der Waals surface area contributed by atoms with E-state index in [1.165, 1.54) is 6.92 Å². The molecule has 11 nitrogen and oxygen atoms in total. The molecule has 3 rings (SSSR count). The Bertz CT molecular complexity index is 1280. The molecule has 1 aromatic heterocycles. The summed E-state index contributed by atoms with van der Waals surface area (Å²) in [5.41, 5.74) is -2.31. The van der Waals surface area contributed by atoms with E-state index >= 15 is 0 Å². The number of alkyl halides is 2. The molecule has 1 saturated heterocycles. The van der Waals surface area contributed by atoms with Crippen molar-refractivity contribution in [1.82, 2.24) is 14.6 Å². The Morgan fingerprint density at radius 2 is 1.97 bits per heavy atom. The molecule has 3 N–H and O–H groups in total. The maximum atomic E-state index is 13.8. The number of aromatic amines is 1. The molecule has 204 valence electrons. The van der Waals surface area contributed by atoms with E-state index < -0.39 is 65.1 Å². The number of nitrogens with zero attached hydrogens (tertiary/aromatic N) is 1. The summed E-state index contributed by atoms with van der Waals surface area (Å²) in [5.74, 6) is -1.55. The molecule has 0 saturated carbocycles. The predicted molar refractivity (Wildman–Crippen MR) is 137 cm³/mol. The SMILES string of the molecule is CC(C)OC(=O)[C@@H](C)NP(=S)(OC[C@H]1O[C@@H](n2cc(F)c(=O)[nH]c2=O)C(Cl)(Cl)[C@@H]1O)Oc1ccccc1. The minimum Gasteiger partial charge on any atom is -0.462 e. The summed E-state index contributed by atoms with van der Waals surface area (Å²) in [6.45, 7) is 0.939. The fraction of sp³-hybridized carbons (Fsp3) is 0.476. The highest BCUT2D eigenvalue weighted by atomic mass is 35.5. The third kappa shape index (κ3) is 7.18. The Hall–Kier alpha value is -1.83. The van der Waals surface area contributed by atoms with Crippen LogP contribution in [0.4, 0.5) is 4.39 Å². The van der Waals surface area contributed by atoms with Gasteiger partial charge in [0.2, 0.25) is 5.82 Å². The Morgan fingerprint density at radius 3 is 2.59 bits per heavy atom. The second kappa shape index (κ2) is 11.9. The number of H-pyrrole nitrogens is 1. The second-order valence-electron chi connectivity index (χ2n) is 8.32. The number of aliphatic hydroxyl groups excluding tert-OH is 1. The molecule has 1 unspecified atom stereocenters. The van der Waals surface area contributed by atoms with Gasteiger partial charge in [-0.1, -0.05) is 41.4 Å². The van der Waals surface area contributed by atoms with Crippen LogP contribution in [-0.4, -0.2) is 55.9 Å². The van der Waals surface area contributed by atoms with E-state index in [4.69, 9.17) is 53.5 Å². The van der Waals surface area contributed by atoms with Crippen LogP contribution in [0.3, 0.4) is 0 Å². The molecule has 2 heterocycles. The third-order valence-corrected chi connectivity index (χ3v) is 8.31. The largest absolute Gasteiger partial charge is 0.462 e. The van der Waals surface area contributed by atoms with Crippen molar-refractivity contribution in [3.63, 3.8) is 0 Å². The first-order valence-electron chi connectivity index (χ1n) is 10.9. The Kier molecular flexibility index (Phi) is 9.57. The number of esters is 1. The molecule has 0 radical (unpaired) electrons. The van der Waals surface area contributed by atoms with Crippen molar-refractivity contribution >= 4 is 47.6 Å². The van der Waals surface area contributed by atoms with Crippen LogP contribution >= 0.6 is 29.8 Å². The summed E-state index contributed by atoms with van der Waals surface area (Å²) in [4.78, 5) is 37.7. The molecule has 1 aromatic carbocycles. The second-order valence-corrected chi connectivity index (χ2v) is 12.9. The standard InChI is InChI=1S/C21H25Cl2FN3O8PS/c1-11(2)33-18(30)12(3)26-36(37,35-13-7-5-4-6-8-13)32-10-15-16(28)21(22,23)19(34-15)27-9-14(24)17(29)25-20(27)31/h4-9,11-12,15-16,19,28H,10H2,1-3H3,(H,26,37)(H,25,29,31)/t12-,15-,16-,19-,36?/m1/s1. The van der Waals surface area contributed by atoms with Crippen molar-refractivity contribution in [3.05, 3.63) is 63.2 Å². The summed E-state index contributed by atoms with van der Waals surface area (Å²) < 4.78 is 34.8. The number of para-hydroxylation sites is 1. The van der Waals surface area contributed by atoms with Crippen LogP contribution in [0.15, 0.2) is 46.1 Å². The number of halogens is 3. The Balaban J connectivity index is 1.82. The summed E-state index contributed by atoms with van der Waals surface area (Å²) in [7, 11) is 0. The van der Waals surface area contributed by atoms with Gasteiger partial charge in [0.05, 0.1) is 18.9 Å². The number of ether oxygens (including phenoxy) is 2. The lowest BCUT2D eigenvalue weighted by molar-refractivity contribution is -0.149. The van der Waals surface area contributed by atoms with Gasteiger partial charge in [-0.2, -0.15) is 4.39 Å². The zero-order valence-electron chi connectivity index (χ0n) is 19.8. The number of carbonyl (C=O) groups excluding carboxylic acids is 1. The fourth-order valence-corrected chi connectivity index (χ4v) is 6.26. The Labute approximate surface area is 226 Å². The molecule has 0 aliphatic carbocycles. The number of hydrogen-bond acceptors (Lipinski definition) is 9. The molecule has 0 spiro atoms. The van der Waals surface area contributed by atoms with E-state index in [1.807, 2.05) is 0 Å². The van der Waals surface area contributed by atoms with Gasteiger partial charge in [-0.25, -0.2) is 9.88 Å².